The number of nitrogens with zero attached hydrogens (tertiary/aromatic N) is 2. The Morgan fingerprint density at radius 2 is 1.94 bits per heavy atom. The van der Waals surface area contributed by atoms with Gasteiger partial charge in [0.15, 0.2) is 0 Å². The van der Waals surface area contributed by atoms with Gasteiger partial charge >= 0.3 is 0 Å². The largest absolute Gasteiger partial charge is 0.329 e. The van der Waals surface area contributed by atoms with Crippen LogP contribution >= 0.6 is 0 Å². The number of nitrogens with two attached hydrogens (primary N) is 1. The third-order valence-corrected chi connectivity index (χ3v) is 4.92. The lowest BCUT2D eigenvalue weighted by Crippen LogP contribution is -2.56. The molecule has 17 heavy (non-hydrogen) atoms. The van der Waals surface area contributed by atoms with Gasteiger partial charge in [0.05, 0.1) is 0 Å². The van der Waals surface area contributed by atoms with Crippen LogP contribution in [0, 0.1) is 5.92 Å². The third kappa shape index (κ3) is 2.83. The van der Waals surface area contributed by atoms with Crippen molar-refractivity contribution in [1.82, 2.24) is 9.80 Å². The van der Waals surface area contributed by atoms with E-state index in [9.17, 15) is 0 Å². The first-order valence-electron chi connectivity index (χ1n) is 7.48. The fourth-order valence-electron chi connectivity index (χ4n) is 3.79. The second kappa shape index (κ2) is 6.17. The molecule has 2 unspecified atom stereocenters. The van der Waals surface area contributed by atoms with Gasteiger partial charge in [0.25, 0.3) is 0 Å². The zero-order valence-corrected chi connectivity index (χ0v) is 11.6. The highest BCUT2D eigenvalue weighted by Gasteiger charge is 2.34. The normalized spacial score (nSPS) is 28.6. The van der Waals surface area contributed by atoms with E-state index in [-0.39, 0.29) is 0 Å². The van der Waals surface area contributed by atoms with E-state index in [2.05, 4.69) is 23.6 Å². The second-order valence-corrected chi connectivity index (χ2v) is 5.71. The smallest absolute Gasteiger partial charge is 0.0247 e. The van der Waals surface area contributed by atoms with Crippen LogP contribution in [0.1, 0.15) is 39.5 Å². The van der Waals surface area contributed by atoms with Crippen LogP contribution in [0.5, 0.6) is 0 Å². The van der Waals surface area contributed by atoms with E-state index in [0.717, 1.165) is 18.5 Å². The van der Waals surface area contributed by atoms with Gasteiger partial charge in [-0.3, -0.25) is 9.80 Å². The first-order valence-corrected chi connectivity index (χ1v) is 7.48. The standard InChI is InChI=1S/C14H29N3/c1-3-12(4-2)14(10-15)17-9-8-16-7-5-6-13(16)11-17/h12-14H,3-11,15H2,1-2H3. The average molecular weight is 239 g/mol. The summed E-state index contributed by atoms with van der Waals surface area (Å²) in [7, 11) is 0. The molecule has 100 valence electrons. The maximum atomic E-state index is 6.04. The van der Waals surface area contributed by atoms with Crippen molar-refractivity contribution in [2.45, 2.75) is 51.6 Å². The van der Waals surface area contributed by atoms with Crippen molar-refractivity contribution in [2.24, 2.45) is 11.7 Å². The molecule has 0 aromatic heterocycles. The minimum Gasteiger partial charge on any atom is -0.329 e. The molecule has 2 heterocycles. The maximum absolute atomic E-state index is 6.04. The van der Waals surface area contributed by atoms with Gasteiger partial charge in [0, 0.05) is 38.3 Å². The summed E-state index contributed by atoms with van der Waals surface area (Å²) in [5.41, 5.74) is 6.04. The second-order valence-electron chi connectivity index (χ2n) is 5.71. The van der Waals surface area contributed by atoms with E-state index in [1.165, 1.54) is 51.9 Å². The Bertz CT molecular complexity index is 228. The summed E-state index contributed by atoms with van der Waals surface area (Å²) in [6.45, 7) is 10.5. The lowest BCUT2D eigenvalue weighted by molar-refractivity contribution is 0.0497. The number of piperazine rings is 1. The molecule has 2 atom stereocenters. The van der Waals surface area contributed by atoms with Crippen molar-refractivity contribution in [1.29, 1.82) is 0 Å². The summed E-state index contributed by atoms with van der Waals surface area (Å²) in [6, 6.07) is 1.44. The molecule has 0 amide bonds. The zero-order chi connectivity index (χ0) is 12.3. The summed E-state index contributed by atoms with van der Waals surface area (Å²) >= 11 is 0. The molecular weight excluding hydrogens is 210 g/mol. The quantitative estimate of drug-likeness (QED) is 0.790. The topological polar surface area (TPSA) is 32.5 Å². The molecule has 2 fully saturated rings. The molecule has 0 aromatic carbocycles. The van der Waals surface area contributed by atoms with Crippen molar-refractivity contribution in [3.8, 4) is 0 Å². The molecule has 2 saturated heterocycles. The van der Waals surface area contributed by atoms with Gasteiger partial charge in [-0.1, -0.05) is 26.7 Å². The predicted octanol–water partition coefficient (Wildman–Crippen LogP) is 1.53. The highest BCUT2D eigenvalue weighted by molar-refractivity contribution is 4.91. The Balaban J connectivity index is 1.95. The molecule has 3 nitrogen and oxygen atoms in total. The van der Waals surface area contributed by atoms with Gasteiger partial charge in [0.2, 0.25) is 0 Å². The molecule has 0 radical (unpaired) electrons. The van der Waals surface area contributed by atoms with Crippen molar-refractivity contribution in [2.75, 3.05) is 32.7 Å². The van der Waals surface area contributed by atoms with E-state index >= 15 is 0 Å². The number of hydrogen-bond donors (Lipinski definition) is 1. The van der Waals surface area contributed by atoms with Gasteiger partial charge in [0.1, 0.15) is 0 Å². The Morgan fingerprint density at radius 3 is 2.59 bits per heavy atom. The van der Waals surface area contributed by atoms with Gasteiger partial charge in [-0.25, -0.2) is 0 Å². The van der Waals surface area contributed by atoms with Crippen molar-refractivity contribution < 1.29 is 0 Å². The van der Waals surface area contributed by atoms with Crippen molar-refractivity contribution >= 4 is 0 Å². The van der Waals surface area contributed by atoms with Crippen LogP contribution in [-0.4, -0.2) is 54.6 Å². The zero-order valence-electron chi connectivity index (χ0n) is 11.6. The Labute approximate surface area is 106 Å². The fraction of sp³-hybridized carbons (Fsp3) is 1.00. The first kappa shape index (κ1) is 13.3. The van der Waals surface area contributed by atoms with Crippen molar-refractivity contribution in [3.05, 3.63) is 0 Å². The van der Waals surface area contributed by atoms with Crippen LogP contribution in [-0.2, 0) is 0 Å². The van der Waals surface area contributed by atoms with Crippen LogP contribution in [0.3, 0.4) is 0 Å². The van der Waals surface area contributed by atoms with E-state index in [1.54, 1.807) is 0 Å². The Hall–Kier alpha value is -0.120. The monoisotopic (exact) mass is 239 g/mol. The molecule has 0 spiro atoms. The van der Waals surface area contributed by atoms with E-state index in [4.69, 9.17) is 5.73 Å². The molecule has 0 saturated carbocycles. The van der Waals surface area contributed by atoms with Crippen LogP contribution in [0.4, 0.5) is 0 Å². The number of fused-ring (bicyclic) bond motifs is 1. The maximum Gasteiger partial charge on any atom is 0.0247 e. The van der Waals surface area contributed by atoms with Crippen LogP contribution in [0.2, 0.25) is 0 Å². The highest BCUT2D eigenvalue weighted by Crippen LogP contribution is 2.26. The molecule has 2 N–H and O–H groups in total. The van der Waals surface area contributed by atoms with Crippen LogP contribution in [0.15, 0.2) is 0 Å². The summed E-state index contributed by atoms with van der Waals surface area (Å²) in [5, 5.41) is 0. The lowest BCUT2D eigenvalue weighted by Gasteiger charge is -2.43. The predicted molar refractivity (Wildman–Crippen MR) is 73.1 cm³/mol. The SMILES string of the molecule is CCC(CC)C(CN)N1CCN2CCCC2C1. The Kier molecular flexibility index (Phi) is 4.83. The van der Waals surface area contributed by atoms with Crippen LogP contribution in [0.25, 0.3) is 0 Å². The number of hydrogen-bond acceptors (Lipinski definition) is 3. The molecule has 0 aliphatic carbocycles. The number of rotatable bonds is 5. The molecule has 2 rings (SSSR count). The van der Waals surface area contributed by atoms with Crippen molar-refractivity contribution in [3.63, 3.8) is 0 Å². The van der Waals surface area contributed by atoms with Gasteiger partial charge in [-0.05, 0) is 25.3 Å². The van der Waals surface area contributed by atoms with E-state index < -0.39 is 0 Å². The first-order chi connectivity index (χ1) is 8.30. The third-order valence-electron chi connectivity index (χ3n) is 4.92. The van der Waals surface area contributed by atoms with Gasteiger partial charge in [-0.2, -0.15) is 0 Å². The molecule has 2 aliphatic rings. The highest BCUT2D eigenvalue weighted by atomic mass is 15.3. The van der Waals surface area contributed by atoms with E-state index in [0.29, 0.717) is 6.04 Å². The van der Waals surface area contributed by atoms with Crippen LogP contribution < -0.4 is 5.73 Å². The van der Waals surface area contributed by atoms with Gasteiger partial charge < -0.3 is 5.73 Å². The Morgan fingerprint density at radius 1 is 1.18 bits per heavy atom. The summed E-state index contributed by atoms with van der Waals surface area (Å²) < 4.78 is 0. The summed E-state index contributed by atoms with van der Waals surface area (Å²) in [4.78, 5) is 5.36. The van der Waals surface area contributed by atoms with Gasteiger partial charge in [-0.15, -0.1) is 0 Å². The molecule has 3 heteroatoms. The minimum absolute atomic E-state index is 0.618. The summed E-state index contributed by atoms with van der Waals surface area (Å²) in [5.74, 6) is 0.785. The molecule has 2 aliphatic heterocycles. The van der Waals surface area contributed by atoms with E-state index in [1.807, 2.05) is 0 Å². The molecule has 0 aromatic rings. The summed E-state index contributed by atoms with van der Waals surface area (Å²) in [6.07, 6.45) is 5.33. The average Bonchev–Trinajstić information content (AvgIpc) is 2.82. The fourth-order valence-corrected chi connectivity index (χ4v) is 3.79. The minimum atomic E-state index is 0.618. The lowest BCUT2D eigenvalue weighted by atomic mass is 9.92. The molecular formula is C14H29N3. The molecule has 0 bridgehead atoms.